The summed E-state index contributed by atoms with van der Waals surface area (Å²) < 4.78 is 5.08. The smallest absolute Gasteiger partial charge is 0.319 e. The number of benzene rings is 2. The maximum absolute atomic E-state index is 11.9. The van der Waals surface area contributed by atoms with E-state index in [2.05, 4.69) is 10.6 Å². The highest BCUT2D eigenvalue weighted by Gasteiger charge is 2.11. The van der Waals surface area contributed by atoms with E-state index in [-0.39, 0.29) is 31.1 Å². The van der Waals surface area contributed by atoms with Crippen molar-refractivity contribution in [2.24, 2.45) is 5.92 Å². The highest BCUT2D eigenvalue weighted by molar-refractivity contribution is 6.01. The third kappa shape index (κ3) is 4.71. The molecule has 0 aliphatic rings. The van der Waals surface area contributed by atoms with Crippen LogP contribution in [0.25, 0.3) is 10.8 Å². The van der Waals surface area contributed by atoms with Gasteiger partial charge in [-0.3, -0.25) is 4.79 Å². The number of hydrogen-bond acceptors (Lipinski definition) is 3. The Kier molecular flexibility index (Phi) is 5.97. The molecular formula is C18H22N2O3. The summed E-state index contributed by atoms with van der Waals surface area (Å²) in [6, 6.07) is 13.3. The summed E-state index contributed by atoms with van der Waals surface area (Å²) in [5.74, 6) is -0.344. The summed E-state index contributed by atoms with van der Waals surface area (Å²) in [5, 5.41) is 7.54. The summed E-state index contributed by atoms with van der Waals surface area (Å²) in [4.78, 5) is 23.4. The van der Waals surface area contributed by atoms with Gasteiger partial charge >= 0.3 is 12.0 Å². The predicted molar refractivity (Wildman–Crippen MR) is 91.4 cm³/mol. The van der Waals surface area contributed by atoms with Crippen molar-refractivity contribution < 1.29 is 14.3 Å². The molecule has 2 aromatic rings. The van der Waals surface area contributed by atoms with Crippen LogP contribution in [0.2, 0.25) is 0 Å². The van der Waals surface area contributed by atoms with Crippen molar-refractivity contribution >= 4 is 28.5 Å². The van der Waals surface area contributed by atoms with Gasteiger partial charge in [-0.15, -0.1) is 0 Å². The van der Waals surface area contributed by atoms with Gasteiger partial charge in [-0.2, -0.15) is 0 Å². The molecule has 0 bridgehead atoms. The van der Waals surface area contributed by atoms with Gasteiger partial charge in [-0.05, 0) is 17.9 Å². The van der Waals surface area contributed by atoms with Crippen molar-refractivity contribution in [2.75, 3.05) is 18.5 Å². The average molecular weight is 314 g/mol. The number of ether oxygens (including phenoxy) is 1. The number of fused-ring (bicyclic) bond motifs is 1. The molecule has 2 rings (SSSR count). The van der Waals surface area contributed by atoms with Crippen LogP contribution in [-0.2, 0) is 9.53 Å². The Morgan fingerprint density at radius 2 is 1.87 bits per heavy atom. The number of carbonyl (C=O) groups excluding carboxylic acids is 2. The van der Waals surface area contributed by atoms with E-state index in [4.69, 9.17) is 4.74 Å². The van der Waals surface area contributed by atoms with Crippen molar-refractivity contribution in [3.05, 3.63) is 42.5 Å². The molecule has 2 N–H and O–H groups in total. The second-order valence-electron chi connectivity index (χ2n) is 5.38. The second-order valence-corrected chi connectivity index (χ2v) is 5.38. The van der Waals surface area contributed by atoms with Gasteiger partial charge in [0.25, 0.3) is 0 Å². The topological polar surface area (TPSA) is 67.4 Å². The average Bonchev–Trinajstić information content (AvgIpc) is 2.58. The Morgan fingerprint density at radius 3 is 2.65 bits per heavy atom. The van der Waals surface area contributed by atoms with Gasteiger partial charge in [0, 0.05) is 5.39 Å². The number of nitrogens with one attached hydrogen (secondary N) is 2. The Balaban J connectivity index is 1.82. The molecule has 0 aliphatic heterocycles. The molecule has 0 saturated heterocycles. The van der Waals surface area contributed by atoms with Gasteiger partial charge in [0.1, 0.15) is 6.61 Å². The molecular weight excluding hydrogens is 292 g/mol. The van der Waals surface area contributed by atoms with Crippen LogP contribution in [0, 0.1) is 5.92 Å². The van der Waals surface area contributed by atoms with E-state index in [0.29, 0.717) is 0 Å². The number of anilines is 1. The van der Waals surface area contributed by atoms with Crippen LogP contribution >= 0.6 is 0 Å². The molecule has 122 valence electrons. The van der Waals surface area contributed by atoms with Crippen LogP contribution in [-0.4, -0.2) is 25.2 Å². The Bertz CT molecular complexity index is 680. The molecule has 0 aliphatic carbocycles. The fraction of sp³-hybridized carbons (Fsp3) is 0.333. The lowest BCUT2D eigenvalue weighted by Gasteiger charge is -2.11. The summed E-state index contributed by atoms with van der Waals surface area (Å²) in [5.41, 5.74) is 0.747. The number of carbonyl (C=O) groups is 2. The first-order valence-electron chi connectivity index (χ1n) is 7.81. The second kappa shape index (κ2) is 8.17. The van der Waals surface area contributed by atoms with Gasteiger partial charge in [-0.1, -0.05) is 50.2 Å². The zero-order chi connectivity index (χ0) is 16.7. The van der Waals surface area contributed by atoms with Crippen molar-refractivity contribution in [3.63, 3.8) is 0 Å². The van der Waals surface area contributed by atoms with Gasteiger partial charge < -0.3 is 15.4 Å². The lowest BCUT2D eigenvalue weighted by molar-refractivity contribution is -0.147. The van der Waals surface area contributed by atoms with E-state index in [9.17, 15) is 9.59 Å². The summed E-state index contributed by atoms with van der Waals surface area (Å²) in [6.45, 7) is 4.20. The molecule has 0 saturated carbocycles. The minimum Gasteiger partial charge on any atom is -0.464 e. The predicted octanol–water partition coefficient (Wildman–Crippen LogP) is 3.55. The quantitative estimate of drug-likeness (QED) is 0.633. The van der Waals surface area contributed by atoms with Crippen LogP contribution in [0.5, 0.6) is 0 Å². The van der Waals surface area contributed by atoms with Gasteiger partial charge in [0.05, 0.1) is 18.2 Å². The molecule has 23 heavy (non-hydrogen) atoms. The minimum atomic E-state index is -0.319. The molecule has 1 atom stereocenters. The molecule has 0 radical (unpaired) electrons. The van der Waals surface area contributed by atoms with E-state index in [1.807, 2.05) is 56.3 Å². The summed E-state index contributed by atoms with van der Waals surface area (Å²) >= 11 is 0. The largest absolute Gasteiger partial charge is 0.464 e. The lowest BCUT2D eigenvalue weighted by Crippen LogP contribution is -2.32. The molecule has 1 unspecified atom stereocenters. The first kappa shape index (κ1) is 16.8. The maximum Gasteiger partial charge on any atom is 0.319 e. The van der Waals surface area contributed by atoms with E-state index in [1.165, 1.54) is 0 Å². The zero-order valence-electron chi connectivity index (χ0n) is 13.5. The molecule has 5 heteroatoms. The van der Waals surface area contributed by atoms with Crippen LogP contribution in [0.3, 0.4) is 0 Å². The first-order chi connectivity index (χ1) is 11.1. The fourth-order valence-corrected chi connectivity index (χ4v) is 2.13. The molecule has 5 nitrogen and oxygen atoms in total. The lowest BCUT2D eigenvalue weighted by atomic mass is 10.1. The molecule has 2 aromatic carbocycles. The summed E-state index contributed by atoms with van der Waals surface area (Å²) in [7, 11) is 0. The van der Waals surface area contributed by atoms with Crippen molar-refractivity contribution in [3.8, 4) is 0 Å². The number of rotatable bonds is 6. The Labute approximate surface area is 136 Å². The molecule has 0 aromatic heterocycles. The standard InChI is InChI=1S/C18H22N2O3/c1-3-13(2)17(21)23-12-11-19-18(22)20-16-10-6-8-14-7-4-5-9-15(14)16/h4-10,13H,3,11-12H2,1-2H3,(H2,19,20,22). The van der Waals surface area contributed by atoms with Crippen LogP contribution in [0.4, 0.5) is 10.5 Å². The third-order valence-corrected chi connectivity index (χ3v) is 3.68. The van der Waals surface area contributed by atoms with Crippen molar-refractivity contribution in [1.29, 1.82) is 0 Å². The fourth-order valence-electron chi connectivity index (χ4n) is 2.13. The van der Waals surface area contributed by atoms with Gasteiger partial charge in [0.15, 0.2) is 0 Å². The molecule has 0 fully saturated rings. The molecule has 0 heterocycles. The number of hydrogen-bond donors (Lipinski definition) is 2. The normalized spacial score (nSPS) is 11.7. The molecule has 2 amide bonds. The SMILES string of the molecule is CCC(C)C(=O)OCCNC(=O)Nc1cccc2ccccc12. The van der Waals surface area contributed by atoms with E-state index in [0.717, 1.165) is 22.9 Å². The Morgan fingerprint density at radius 1 is 1.13 bits per heavy atom. The van der Waals surface area contributed by atoms with E-state index < -0.39 is 0 Å². The van der Waals surface area contributed by atoms with Gasteiger partial charge in [-0.25, -0.2) is 4.79 Å². The van der Waals surface area contributed by atoms with Crippen molar-refractivity contribution in [1.82, 2.24) is 5.32 Å². The minimum absolute atomic E-state index is 0.112. The van der Waals surface area contributed by atoms with Crippen LogP contribution in [0.1, 0.15) is 20.3 Å². The zero-order valence-corrected chi connectivity index (χ0v) is 13.5. The van der Waals surface area contributed by atoms with Crippen molar-refractivity contribution in [2.45, 2.75) is 20.3 Å². The van der Waals surface area contributed by atoms with E-state index in [1.54, 1.807) is 0 Å². The third-order valence-electron chi connectivity index (χ3n) is 3.68. The Hall–Kier alpha value is -2.56. The molecule has 0 spiro atoms. The summed E-state index contributed by atoms with van der Waals surface area (Å²) in [6.07, 6.45) is 0.744. The maximum atomic E-state index is 11.9. The highest BCUT2D eigenvalue weighted by atomic mass is 16.5. The number of amides is 2. The first-order valence-corrected chi connectivity index (χ1v) is 7.81. The van der Waals surface area contributed by atoms with Crippen LogP contribution in [0.15, 0.2) is 42.5 Å². The van der Waals surface area contributed by atoms with E-state index >= 15 is 0 Å². The number of esters is 1. The highest BCUT2D eigenvalue weighted by Crippen LogP contribution is 2.22. The van der Waals surface area contributed by atoms with Gasteiger partial charge in [0.2, 0.25) is 0 Å². The van der Waals surface area contributed by atoms with Crippen LogP contribution < -0.4 is 10.6 Å². The number of urea groups is 1. The monoisotopic (exact) mass is 314 g/mol.